The number of methoxy groups -OCH3 is 1. The van der Waals surface area contributed by atoms with Crippen LogP contribution < -0.4 is 4.74 Å². The summed E-state index contributed by atoms with van der Waals surface area (Å²) in [6.07, 6.45) is 9.22. The maximum absolute atomic E-state index is 11.0. The monoisotopic (exact) mass is 374 g/mol. The summed E-state index contributed by atoms with van der Waals surface area (Å²) in [6.45, 7) is 4.45. The van der Waals surface area contributed by atoms with E-state index in [1.165, 1.54) is 36.0 Å². The van der Waals surface area contributed by atoms with Crippen LogP contribution in [0.5, 0.6) is 5.75 Å². The molecule has 2 nitrogen and oxygen atoms in total. The number of aliphatic hydroxyl groups is 1. The molecular formula is C26H30O2. The molecule has 0 aromatic heterocycles. The van der Waals surface area contributed by atoms with E-state index in [9.17, 15) is 5.11 Å². The summed E-state index contributed by atoms with van der Waals surface area (Å²) < 4.78 is 5.57. The molecule has 146 valence electrons. The van der Waals surface area contributed by atoms with Crippen molar-refractivity contribution in [2.45, 2.75) is 57.3 Å². The van der Waals surface area contributed by atoms with Crippen molar-refractivity contribution >= 4 is 5.76 Å². The van der Waals surface area contributed by atoms with Crippen LogP contribution in [0.2, 0.25) is 0 Å². The van der Waals surface area contributed by atoms with E-state index in [1.54, 1.807) is 7.11 Å². The lowest BCUT2D eigenvalue weighted by Crippen LogP contribution is -2.13. The van der Waals surface area contributed by atoms with E-state index >= 15 is 0 Å². The van der Waals surface area contributed by atoms with Crippen molar-refractivity contribution < 1.29 is 9.84 Å². The third-order valence-corrected chi connectivity index (χ3v) is 6.55. The Morgan fingerprint density at radius 3 is 2.61 bits per heavy atom. The Bertz CT molecular complexity index is 922. The van der Waals surface area contributed by atoms with Crippen LogP contribution in [-0.2, 0) is 0 Å². The average Bonchev–Trinajstić information content (AvgIpc) is 3.05. The first-order valence-corrected chi connectivity index (χ1v) is 10.5. The number of benzene rings is 2. The van der Waals surface area contributed by atoms with Gasteiger partial charge in [-0.25, -0.2) is 0 Å². The highest BCUT2D eigenvalue weighted by molar-refractivity contribution is 5.78. The van der Waals surface area contributed by atoms with Gasteiger partial charge in [0.05, 0.1) is 12.7 Å². The van der Waals surface area contributed by atoms with Crippen LogP contribution in [-0.4, -0.2) is 12.2 Å². The van der Waals surface area contributed by atoms with Gasteiger partial charge >= 0.3 is 0 Å². The highest BCUT2D eigenvalue weighted by Crippen LogP contribution is 2.52. The Morgan fingerprint density at radius 2 is 1.89 bits per heavy atom. The van der Waals surface area contributed by atoms with E-state index in [0.29, 0.717) is 11.7 Å². The summed E-state index contributed by atoms with van der Waals surface area (Å²) >= 11 is 0. The lowest BCUT2D eigenvalue weighted by atomic mass is 9.75. The van der Waals surface area contributed by atoms with E-state index in [1.807, 2.05) is 12.1 Å². The van der Waals surface area contributed by atoms with Crippen molar-refractivity contribution in [1.82, 2.24) is 0 Å². The fourth-order valence-electron chi connectivity index (χ4n) is 5.20. The van der Waals surface area contributed by atoms with Crippen LogP contribution >= 0.6 is 0 Å². The Kier molecular flexibility index (Phi) is 5.30. The molecule has 0 bridgehead atoms. The first kappa shape index (κ1) is 18.9. The summed E-state index contributed by atoms with van der Waals surface area (Å²) in [6, 6.07) is 15.0. The van der Waals surface area contributed by atoms with Gasteiger partial charge in [-0.15, -0.1) is 0 Å². The van der Waals surface area contributed by atoms with Crippen LogP contribution in [0, 0.1) is 0 Å². The molecule has 28 heavy (non-hydrogen) atoms. The zero-order chi connectivity index (χ0) is 19.7. The van der Waals surface area contributed by atoms with E-state index in [2.05, 4.69) is 56.3 Å². The number of ether oxygens (including phenoxy) is 1. The van der Waals surface area contributed by atoms with Gasteiger partial charge < -0.3 is 9.84 Å². The molecule has 2 aromatic rings. The van der Waals surface area contributed by atoms with Gasteiger partial charge in [0.2, 0.25) is 0 Å². The summed E-state index contributed by atoms with van der Waals surface area (Å²) in [5.74, 6) is 2.16. The number of rotatable bonds is 5. The molecule has 2 heteroatoms. The highest BCUT2D eigenvalue weighted by atomic mass is 16.5. The standard InChI is InChI=1S/C26H30O2/c1-4-19-24(22-15-10-16-23(28-3)25(22)26(19)27)17(2)20-13-8-9-14-21(20)18-11-6-5-7-12-18/h6,8-11,13-18,24,27H,4-5,7,12H2,1-3H3. The fourth-order valence-corrected chi connectivity index (χ4v) is 5.20. The van der Waals surface area contributed by atoms with Gasteiger partial charge in [0, 0.05) is 11.8 Å². The number of aliphatic hydroxyl groups excluding tert-OH is 1. The largest absolute Gasteiger partial charge is 0.507 e. The minimum absolute atomic E-state index is 0.184. The molecule has 3 atom stereocenters. The molecule has 0 aliphatic heterocycles. The number of hydrogen-bond donors (Lipinski definition) is 1. The second-order valence-electron chi connectivity index (χ2n) is 8.01. The quantitative estimate of drug-likeness (QED) is 0.566. The van der Waals surface area contributed by atoms with Crippen LogP contribution in [0.1, 0.15) is 79.5 Å². The molecule has 0 fully saturated rings. The van der Waals surface area contributed by atoms with E-state index in [-0.39, 0.29) is 11.8 Å². The van der Waals surface area contributed by atoms with Gasteiger partial charge in [0.15, 0.2) is 0 Å². The molecule has 0 saturated heterocycles. The fraction of sp³-hybridized carbons (Fsp3) is 0.385. The molecule has 0 saturated carbocycles. The Balaban J connectivity index is 1.81. The van der Waals surface area contributed by atoms with Crippen molar-refractivity contribution in [3.63, 3.8) is 0 Å². The van der Waals surface area contributed by atoms with Gasteiger partial charge in [-0.05, 0) is 59.9 Å². The normalized spacial score (nSPS) is 22.2. The van der Waals surface area contributed by atoms with E-state index in [0.717, 1.165) is 23.3 Å². The molecule has 0 radical (unpaired) electrons. The second-order valence-corrected chi connectivity index (χ2v) is 8.01. The summed E-state index contributed by atoms with van der Waals surface area (Å²) in [4.78, 5) is 0. The van der Waals surface area contributed by atoms with Crippen molar-refractivity contribution in [3.05, 3.63) is 82.4 Å². The Morgan fingerprint density at radius 1 is 1.11 bits per heavy atom. The molecule has 3 unspecified atom stereocenters. The van der Waals surface area contributed by atoms with Gasteiger partial charge in [-0.2, -0.15) is 0 Å². The Labute approximate surface area is 168 Å². The number of allylic oxidation sites excluding steroid dienone is 3. The average molecular weight is 375 g/mol. The van der Waals surface area contributed by atoms with Gasteiger partial charge in [0.25, 0.3) is 0 Å². The van der Waals surface area contributed by atoms with E-state index < -0.39 is 0 Å². The van der Waals surface area contributed by atoms with Crippen molar-refractivity contribution in [3.8, 4) is 5.75 Å². The topological polar surface area (TPSA) is 29.5 Å². The molecule has 2 aromatic carbocycles. The molecule has 0 amide bonds. The predicted octanol–water partition coefficient (Wildman–Crippen LogP) is 7.10. The minimum Gasteiger partial charge on any atom is -0.507 e. The minimum atomic E-state index is 0.184. The lowest BCUT2D eigenvalue weighted by molar-refractivity contribution is 0.408. The van der Waals surface area contributed by atoms with Gasteiger partial charge in [0.1, 0.15) is 11.5 Å². The van der Waals surface area contributed by atoms with Crippen molar-refractivity contribution in [1.29, 1.82) is 0 Å². The van der Waals surface area contributed by atoms with Crippen LogP contribution in [0.4, 0.5) is 0 Å². The lowest BCUT2D eigenvalue weighted by Gasteiger charge is -2.28. The van der Waals surface area contributed by atoms with Crippen molar-refractivity contribution in [2.24, 2.45) is 0 Å². The predicted molar refractivity (Wildman–Crippen MR) is 116 cm³/mol. The SMILES string of the molecule is CCC1=C(O)c2c(OC)cccc2C1C(C)c1ccccc1C1C=CCCC1. The first-order valence-electron chi connectivity index (χ1n) is 10.5. The molecule has 2 aliphatic rings. The molecule has 0 heterocycles. The molecule has 4 rings (SSSR count). The van der Waals surface area contributed by atoms with Crippen LogP contribution in [0.3, 0.4) is 0 Å². The molecule has 2 aliphatic carbocycles. The third kappa shape index (κ3) is 3.05. The maximum Gasteiger partial charge on any atom is 0.130 e. The van der Waals surface area contributed by atoms with E-state index in [4.69, 9.17) is 4.74 Å². The highest BCUT2D eigenvalue weighted by Gasteiger charge is 2.37. The number of fused-ring (bicyclic) bond motifs is 1. The summed E-state index contributed by atoms with van der Waals surface area (Å²) in [5.41, 5.74) is 6.04. The first-order chi connectivity index (χ1) is 13.7. The Hall–Kier alpha value is -2.48. The third-order valence-electron chi connectivity index (χ3n) is 6.55. The van der Waals surface area contributed by atoms with Crippen molar-refractivity contribution in [2.75, 3.05) is 7.11 Å². The van der Waals surface area contributed by atoms with Gasteiger partial charge in [-0.1, -0.05) is 62.4 Å². The molecular weight excluding hydrogens is 344 g/mol. The summed E-state index contributed by atoms with van der Waals surface area (Å²) in [7, 11) is 1.68. The van der Waals surface area contributed by atoms with Gasteiger partial charge in [-0.3, -0.25) is 0 Å². The summed E-state index contributed by atoms with van der Waals surface area (Å²) in [5, 5.41) is 11.0. The van der Waals surface area contributed by atoms with Crippen LogP contribution in [0.15, 0.2) is 60.2 Å². The zero-order valence-corrected chi connectivity index (χ0v) is 17.1. The zero-order valence-electron chi connectivity index (χ0n) is 17.1. The maximum atomic E-state index is 11.0. The second kappa shape index (κ2) is 7.87. The molecule has 1 N–H and O–H groups in total. The number of hydrogen-bond acceptors (Lipinski definition) is 2. The smallest absolute Gasteiger partial charge is 0.130 e. The molecule has 0 spiro atoms. The van der Waals surface area contributed by atoms with Crippen LogP contribution in [0.25, 0.3) is 5.76 Å².